The smallest absolute Gasteiger partial charge is 0.350 e. The summed E-state index contributed by atoms with van der Waals surface area (Å²) >= 11 is 0. The van der Waals surface area contributed by atoms with Gasteiger partial charge < -0.3 is 10.4 Å². The standard InChI is InChI=1S/C26H21N5O3/c1-16-8-3-4-10-20(16)27-25(33)19-15-14-17-18(24(19)32)9-7-13-22(17)30(2)26(34)31-23-12-6-5-11-21(23)28-29-31/h3-15,32H,1-2H3,(H,27,33). The van der Waals surface area contributed by atoms with Crippen LogP contribution in [0.2, 0.25) is 0 Å². The van der Waals surface area contributed by atoms with Gasteiger partial charge in [0.15, 0.2) is 0 Å². The number of fused-ring (bicyclic) bond motifs is 2. The number of amides is 2. The Labute approximate surface area is 195 Å². The molecule has 5 rings (SSSR count). The molecule has 0 aliphatic heterocycles. The Morgan fingerprint density at radius 2 is 1.68 bits per heavy atom. The number of rotatable bonds is 3. The summed E-state index contributed by atoms with van der Waals surface area (Å²) in [6.07, 6.45) is 0. The topological polar surface area (TPSA) is 100 Å². The van der Waals surface area contributed by atoms with E-state index in [0.29, 0.717) is 33.2 Å². The molecule has 0 saturated heterocycles. The van der Waals surface area contributed by atoms with E-state index in [1.807, 2.05) is 37.3 Å². The Morgan fingerprint density at radius 3 is 2.50 bits per heavy atom. The molecule has 0 saturated carbocycles. The van der Waals surface area contributed by atoms with Crippen molar-refractivity contribution in [2.45, 2.75) is 6.92 Å². The van der Waals surface area contributed by atoms with Gasteiger partial charge in [-0.1, -0.05) is 53.7 Å². The molecule has 0 atom stereocenters. The fourth-order valence-corrected chi connectivity index (χ4v) is 3.96. The van der Waals surface area contributed by atoms with Crippen LogP contribution in [-0.4, -0.2) is 39.1 Å². The summed E-state index contributed by atoms with van der Waals surface area (Å²) in [5, 5.41) is 22.9. The second kappa shape index (κ2) is 8.32. The second-order valence-corrected chi connectivity index (χ2v) is 7.93. The molecule has 1 heterocycles. The van der Waals surface area contributed by atoms with Gasteiger partial charge in [-0.25, -0.2) is 4.79 Å². The minimum atomic E-state index is -0.419. The third-order valence-corrected chi connectivity index (χ3v) is 5.83. The Balaban J connectivity index is 1.51. The second-order valence-electron chi connectivity index (χ2n) is 7.93. The molecule has 8 heteroatoms. The molecule has 0 aliphatic carbocycles. The average Bonchev–Trinajstić information content (AvgIpc) is 3.28. The highest BCUT2D eigenvalue weighted by Gasteiger charge is 2.21. The molecule has 168 valence electrons. The van der Waals surface area contributed by atoms with E-state index in [4.69, 9.17) is 0 Å². The van der Waals surface area contributed by atoms with Crippen LogP contribution in [0.3, 0.4) is 0 Å². The van der Waals surface area contributed by atoms with E-state index in [1.165, 1.54) is 9.58 Å². The predicted octanol–water partition coefficient (Wildman–Crippen LogP) is 4.96. The maximum atomic E-state index is 13.2. The number of carbonyl (C=O) groups is 2. The van der Waals surface area contributed by atoms with Crippen molar-refractivity contribution in [3.8, 4) is 5.75 Å². The summed E-state index contributed by atoms with van der Waals surface area (Å²) < 4.78 is 1.23. The SMILES string of the molecule is Cc1ccccc1NC(=O)c1ccc2c(N(C)C(=O)n3nnc4ccccc43)cccc2c1O. The summed E-state index contributed by atoms with van der Waals surface area (Å²) in [5.74, 6) is -0.574. The van der Waals surface area contributed by atoms with Gasteiger partial charge in [0.25, 0.3) is 5.91 Å². The number of aryl methyl sites for hydroxylation is 1. The minimum absolute atomic E-state index is 0.143. The molecular weight excluding hydrogens is 430 g/mol. The maximum Gasteiger partial charge on any atom is 0.350 e. The highest BCUT2D eigenvalue weighted by atomic mass is 16.3. The first kappa shape index (κ1) is 21.1. The van der Waals surface area contributed by atoms with Gasteiger partial charge in [0.05, 0.1) is 16.8 Å². The van der Waals surface area contributed by atoms with Crippen LogP contribution < -0.4 is 10.2 Å². The van der Waals surface area contributed by atoms with Crippen molar-refractivity contribution in [1.82, 2.24) is 15.0 Å². The van der Waals surface area contributed by atoms with Crippen LogP contribution in [0, 0.1) is 6.92 Å². The highest BCUT2D eigenvalue weighted by molar-refractivity contribution is 6.13. The highest BCUT2D eigenvalue weighted by Crippen LogP contribution is 2.35. The fraction of sp³-hybridized carbons (Fsp3) is 0.0769. The molecule has 2 amide bonds. The zero-order chi connectivity index (χ0) is 23.8. The molecule has 0 radical (unpaired) electrons. The van der Waals surface area contributed by atoms with E-state index < -0.39 is 11.9 Å². The molecule has 2 N–H and O–H groups in total. The third kappa shape index (κ3) is 3.51. The summed E-state index contributed by atoms with van der Waals surface area (Å²) in [5.41, 5.74) is 3.50. The lowest BCUT2D eigenvalue weighted by molar-refractivity contribution is 0.102. The van der Waals surface area contributed by atoms with Crippen molar-refractivity contribution in [2.24, 2.45) is 0 Å². The number of aromatic hydroxyl groups is 1. The van der Waals surface area contributed by atoms with Crippen molar-refractivity contribution in [3.63, 3.8) is 0 Å². The van der Waals surface area contributed by atoms with Crippen LogP contribution in [-0.2, 0) is 0 Å². The predicted molar refractivity (Wildman–Crippen MR) is 131 cm³/mol. The lowest BCUT2D eigenvalue weighted by Gasteiger charge is -2.20. The lowest BCUT2D eigenvalue weighted by atomic mass is 10.0. The summed E-state index contributed by atoms with van der Waals surface area (Å²) in [6, 6.07) is 22.7. The monoisotopic (exact) mass is 451 g/mol. The molecule has 0 bridgehead atoms. The van der Waals surface area contributed by atoms with E-state index in [1.54, 1.807) is 55.6 Å². The first-order valence-corrected chi connectivity index (χ1v) is 10.7. The summed E-state index contributed by atoms with van der Waals surface area (Å²) in [6.45, 7) is 1.90. The van der Waals surface area contributed by atoms with Crippen LogP contribution in [0.1, 0.15) is 15.9 Å². The molecular formula is C26H21N5O3. The number of nitrogens with zero attached hydrogens (tertiary/aromatic N) is 4. The number of aromatic nitrogens is 3. The number of anilines is 2. The number of hydrogen-bond acceptors (Lipinski definition) is 5. The largest absolute Gasteiger partial charge is 0.506 e. The zero-order valence-corrected chi connectivity index (χ0v) is 18.6. The molecule has 5 aromatic rings. The fourth-order valence-electron chi connectivity index (χ4n) is 3.96. The van der Waals surface area contributed by atoms with E-state index in [9.17, 15) is 14.7 Å². The summed E-state index contributed by atoms with van der Waals surface area (Å²) in [4.78, 5) is 27.5. The van der Waals surface area contributed by atoms with Gasteiger partial charge in [0, 0.05) is 23.5 Å². The number of phenolic OH excluding ortho intramolecular Hbond substituents is 1. The Kier molecular flexibility index (Phi) is 5.18. The lowest BCUT2D eigenvalue weighted by Crippen LogP contribution is -2.31. The molecule has 1 aromatic heterocycles. The van der Waals surface area contributed by atoms with Crippen molar-refractivity contribution >= 4 is 45.1 Å². The Hall–Kier alpha value is -4.72. The van der Waals surface area contributed by atoms with E-state index in [0.717, 1.165) is 5.56 Å². The average molecular weight is 451 g/mol. The van der Waals surface area contributed by atoms with Crippen molar-refractivity contribution in [3.05, 3.63) is 90.0 Å². The number of para-hydroxylation sites is 2. The molecule has 0 unspecified atom stereocenters. The van der Waals surface area contributed by atoms with Gasteiger partial charge in [-0.2, -0.15) is 4.68 Å². The first-order valence-electron chi connectivity index (χ1n) is 10.7. The van der Waals surface area contributed by atoms with Gasteiger partial charge in [0.2, 0.25) is 0 Å². The number of nitrogens with one attached hydrogen (secondary N) is 1. The Bertz CT molecular complexity index is 1570. The normalized spacial score (nSPS) is 11.0. The van der Waals surface area contributed by atoms with Gasteiger partial charge >= 0.3 is 6.03 Å². The van der Waals surface area contributed by atoms with Crippen LogP contribution in [0.15, 0.2) is 78.9 Å². The van der Waals surface area contributed by atoms with Gasteiger partial charge in [0.1, 0.15) is 11.3 Å². The molecule has 4 aromatic carbocycles. The van der Waals surface area contributed by atoms with Gasteiger partial charge in [-0.15, -0.1) is 5.10 Å². The van der Waals surface area contributed by atoms with Crippen molar-refractivity contribution in [2.75, 3.05) is 17.3 Å². The van der Waals surface area contributed by atoms with Crippen LogP contribution in [0.5, 0.6) is 5.75 Å². The van der Waals surface area contributed by atoms with Gasteiger partial charge in [-0.3, -0.25) is 9.69 Å². The molecule has 0 spiro atoms. The van der Waals surface area contributed by atoms with E-state index in [-0.39, 0.29) is 11.3 Å². The third-order valence-electron chi connectivity index (χ3n) is 5.83. The number of hydrogen-bond donors (Lipinski definition) is 2. The van der Waals surface area contributed by atoms with E-state index in [2.05, 4.69) is 15.6 Å². The minimum Gasteiger partial charge on any atom is -0.506 e. The first-order chi connectivity index (χ1) is 16.5. The molecule has 34 heavy (non-hydrogen) atoms. The zero-order valence-electron chi connectivity index (χ0n) is 18.6. The molecule has 0 aliphatic rings. The molecule has 8 nitrogen and oxygen atoms in total. The van der Waals surface area contributed by atoms with Crippen molar-refractivity contribution < 1.29 is 14.7 Å². The number of carbonyl (C=O) groups excluding carboxylic acids is 2. The summed E-state index contributed by atoms with van der Waals surface area (Å²) in [7, 11) is 1.63. The maximum absolute atomic E-state index is 13.2. The van der Waals surface area contributed by atoms with E-state index >= 15 is 0 Å². The van der Waals surface area contributed by atoms with Crippen LogP contribution in [0.25, 0.3) is 21.8 Å². The van der Waals surface area contributed by atoms with Crippen LogP contribution >= 0.6 is 0 Å². The molecule has 0 fully saturated rings. The van der Waals surface area contributed by atoms with Crippen molar-refractivity contribution in [1.29, 1.82) is 0 Å². The van der Waals surface area contributed by atoms with Crippen LogP contribution in [0.4, 0.5) is 16.2 Å². The number of benzene rings is 4. The quantitative estimate of drug-likeness (QED) is 0.404. The Morgan fingerprint density at radius 1 is 0.912 bits per heavy atom. The van der Waals surface area contributed by atoms with Gasteiger partial charge in [-0.05, 0) is 42.8 Å². The number of phenols is 1.